The Balaban J connectivity index is 1.74. The molecule has 0 spiro atoms. The third kappa shape index (κ3) is 28.4. The fourth-order valence-corrected chi connectivity index (χ4v) is 7.22. The summed E-state index contributed by atoms with van der Waals surface area (Å²) in [4.78, 5) is 103. The van der Waals surface area contributed by atoms with Crippen molar-refractivity contribution < 1.29 is 62.1 Å². The summed E-state index contributed by atoms with van der Waals surface area (Å²) in [5.41, 5.74) is 0.901. The second-order valence-corrected chi connectivity index (χ2v) is 23.5. The van der Waals surface area contributed by atoms with Gasteiger partial charge in [-0.15, -0.1) is 0 Å². The number of nitrogens with zero attached hydrogens (tertiary/aromatic N) is 3. The molecular weight excluding hydrogens is 965 g/mol. The smallest absolute Gasteiger partial charge is 0.408 e. The predicted molar refractivity (Wildman–Crippen MR) is 285 cm³/mol. The van der Waals surface area contributed by atoms with Gasteiger partial charge in [0.25, 0.3) is 5.91 Å². The monoisotopic (exact) mass is 1050 g/mol. The minimum atomic E-state index is -1.01. The molecule has 0 aliphatic carbocycles. The molecule has 416 valence electrons. The van der Waals surface area contributed by atoms with E-state index < -0.39 is 69.9 Å². The Hall–Kier alpha value is -6.15. The van der Waals surface area contributed by atoms with Crippen molar-refractivity contribution in [2.75, 3.05) is 58.9 Å². The van der Waals surface area contributed by atoms with Crippen molar-refractivity contribution in [2.24, 2.45) is 0 Å². The molecule has 0 saturated heterocycles. The molecule has 19 heteroatoms. The van der Waals surface area contributed by atoms with Gasteiger partial charge in [-0.1, -0.05) is 66.7 Å². The van der Waals surface area contributed by atoms with Crippen LogP contribution in [0.25, 0.3) is 10.8 Å². The van der Waals surface area contributed by atoms with Crippen LogP contribution in [0, 0.1) is 0 Å². The number of fused-ring (bicyclic) bond motifs is 1. The fraction of sp³-hybridized carbons (Fsp3) is 0.589. The maximum atomic E-state index is 13.7. The molecule has 3 amide bonds. The highest BCUT2D eigenvalue weighted by Crippen LogP contribution is 2.18. The van der Waals surface area contributed by atoms with E-state index in [1.54, 1.807) is 131 Å². The standard InChI is InChI=1S/C56H84N6O13/c1-52(2,3)71-46(64)34-61(35-47(65)72-53(4,5)6)28-26-60(27-29-62(36-48(66)73-54(7,8)9)37-49(67)74-55(10,11)12)33-45(63)57-32-39-20-22-40(23-21-39)38-70-59-50(68)44(58-51(69)75-56(13,14)15)31-41-24-25-42-18-16-17-19-43(42)30-41/h16-25,30,44H,26-29,31-38H2,1-15H3,(H,57,63)(H,58,69)(H,59,68)/t44-/m1/s1. The Morgan fingerprint density at radius 1 is 0.467 bits per heavy atom. The van der Waals surface area contributed by atoms with Crippen LogP contribution in [-0.4, -0.2) is 149 Å². The molecule has 0 aliphatic heterocycles. The highest BCUT2D eigenvalue weighted by atomic mass is 16.7. The van der Waals surface area contributed by atoms with Gasteiger partial charge in [-0.25, -0.2) is 10.3 Å². The van der Waals surface area contributed by atoms with E-state index in [2.05, 4.69) is 16.1 Å². The summed E-state index contributed by atoms with van der Waals surface area (Å²) in [6.07, 6.45) is -0.563. The number of hydrogen-bond acceptors (Lipinski definition) is 16. The first-order chi connectivity index (χ1) is 34.6. The van der Waals surface area contributed by atoms with Gasteiger partial charge in [-0.3, -0.25) is 48.3 Å². The summed E-state index contributed by atoms with van der Waals surface area (Å²) < 4.78 is 27.7. The van der Waals surface area contributed by atoms with Crippen LogP contribution in [0.4, 0.5) is 4.79 Å². The molecule has 0 aliphatic rings. The van der Waals surface area contributed by atoms with Crippen molar-refractivity contribution in [2.45, 2.75) is 157 Å². The Kier molecular flexibility index (Phi) is 23.7. The molecule has 3 aromatic rings. The van der Waals surface area contributed by atoms with Crippen molar-refractivity contribution in [3.63, 3.8) is 0 Å². The Labute approximate surface area is 443 Å². The fourth-order valence-electron chi connectivity index (χ4n) is 7.22. The first-order valence-electron chi connectivity index (χ1n) is 25.4. The third-order valence-corrected chi connectivity index (χ3v) is 10.1. The topological polar surface area (TPSA) is 221 Å². The van der Waals surface area contributed by atoms with E-state index in [4.69, 9.17) is 28.5 Å². The molecule has 75 heavy (non-hydrogen) atoms. The van der Waals surface area contributed by atoms with Gasteiger partial charge in [0.1, 0.15) is 34.0 Å². The number of carbonyl (C=O) groups excluding carboxylic acids is 7. The molecule has 3 aromatic carbocycles. The van der Waals surface area contributed by atoms with E-state index >= 15 is 0 Å². The van der Waals surface area contributed by atoms with Gasteiger partial charge in [-0.2, -0.15) is 0 Å². The number of benzene rings is 3. The Morgan fingerprint density at radius 2 is 0.867 bits per heavy atom. The highest BCUT2D eigenvalue weighted by Gasteiger charge is 2.28. The first kappa shape index (κ1) is 63.1. The number of carbonyl (C=O) groups is 7. The summed E-state index contributed by atoms with van der Waals surface area (Å²) in [6, 6.07) is 19.9. The zero-order valence-electron chi connectivity index (χ0n) is 47.1. The summed E-state index contributed by atoms with van der Waals surface area (Å²) >= 11 is 0. The number of esters is 4. The van der Waals surface area contributed by atoms with Gasteiger partial charge in [0.05, 0.1) is 39.3 Å². The molecule has 0 radical (unpaired) electrons. The predicted octanol–water partition coefficient (Wildman–Crippen LogP) is 6.41. The number of amides is 3. The number of hydrogen-bond donors (Lipinski definition) is 3. The molecule has 0 bridgehead atoms. The lowest BCUT2D eigenvalue weighted by Gasteiger charge is -2.30. The summed E-state index contributed by atoms with van der Waals surface area (Å²) in [5.74, 6) is -3.11. The average molecular weight is 1050 g/mol. The Bertz CT molecular complexity index is 2250. The molecule has 0 saturated carbocycles. The van der Waals surface area contributed by atoms with Crippen LogP contribution in [0.3, 0.4) is 0 Å². The van der Waals surface area contributed by atoms with E-state index in [-0.39, 0.29) is 84.4 Å². The summed E-state index contributed by atoms with van der Waals surface area (Å²) in [5, 5.41) is 7.66. The number of alkyl carbamates (subject to hydrolysis) is 1. The molecule has 0 fully saturated rings. The van der Waals surface area contributed by atoms with Crippen LogP contribution in [0.15, 0.2) is 66.7 Å². The van der Waals surface area contributed by atoms with Crippen LogP contribution in [-0.2, 0) is 76.9 Å². The second-order valence-electron chi connectivity index (χ2n) is 23.5. The van der Waals surface area contributed by atoms with Gasteiger partial charge in [0.2, 0.25) is 5.91 Å². The normalized spacial score (nSPS) is 12.8. The molecule has 19 nitrogen and oxygen atoms in total. The Morgan fingerprint density at radius 3 is 1.31 bits per heavy atom. The molecule has 3 N–H and O–H groups in total. The summed E-state index contributed by atoms with van der Waals surface area (Å²) in [6.45, 7) is 25.9. The van der Waals surface area contributed by atoms with Gasteiger partial charge in [0, 0.05) is 39.1 Å². The van der Waals surface area contributed by atoms with E-state index in [1.807, 2.05) is 54.6 Å². The van der Waals surface area contributed by atoms with Crippen molar-refractivity contribution in [3.05, 3.63) is 83.4 Å². The van der Waals surface area contributed by atoms with Crippen LogP contribution < -0.4 is 16.1 Å². The lowest BCUT2D eigenvalue weighted by Crippen LogP contribution is -2.49. The van der Waals surface area contributed by atoms with Crippen molar-refractivity contribution in [1.82, 2.24) is 30.8 Å². The lowest BCUT2D eigenvalue weighted by atomic mass is 10.0. The van der Waals surface area contributed by atoms with Crippen LogP contribution in [0.1, 0.15) is 121 Å². The average Bonchev–Trinajstić information content (AvgIpc) is 3.23. The van der Waals surface area contributed by atoms with Gasteiger partial charge in [-0.05, 0) is 131 Å². The number of ether oxygens (including phenoxy) is 5. The van der Waals surface area contributed by atoms with Crippen LogP contribution >= 0.6 is 0 Å². The van der Waals surface area contributed by atoms with Crippen molar-refractivity contribution in [1.29, 1.82) is 0 Å². The highest BCUT2D eigenvalue weighted by molar-refractivity contribution is 5.86. The van der Waals surface area contributed by atoms with Gasteiger partial charge < -0.3 is 34.3 Å². The lowest BCUT2D eigenvalue weighted by molar-refractivity contribution is -0.162. The maximum Gasteiger partial charge on any atom is 0.408 e. The third-order valence-electron chi connectivity index (χ3n) is 10.1. The minimum absolute atomic E-state index is 0.000215. The van der Waals surface area contributed by atoms with E-state index in [9.17, 15) is 33.6 Å². The summed E-state index contributed by atoms with van der Waals surface area (Å²) in [7, 11) is 0. The number of rotatable bonds is 25. The molecule has 0 unspecified atom stereocenters. The van der Waals surface area contributed by atoms with Gasteiger partial charge in [0.15, 0.2) is 0 Å². The molecule has 3 rings (SSSR count). The molecule has 0 heterocycles. The number of nitrogens with one attached hydrogen (secondary N) is 3. The second kappa shape index (κ2) is 28.1. The van der Waals surface area contributed by atoms with Gasteiger partial charge >= 0.3 is 30.0 Å². The zero-order valence-corrected chi connectivity index (χ0v) is 47.1. The molecular formula is C56H84N6O13. The maximum absolute atomic E-state index is 13.7. The van der Waals surface area contributed by atoms with Crippen LogP contribution in [0.2, 0.25) is 0 Å². The van der Waals surface area contributed by atoms with E-state index in [0.29, 0.717) is 5.56 Å². The first-order valence-corrected chi connectivity index (χ1v) is 25.4. The van der Waals surface area contributed by atoms with E-state index in [0.717, 1.165) is 21.9 Å². The molecule has 1 atom stereocenters. The van der Waals surface area contributed by atoms with Crippen molar-refractivity contribution in [3.8, 4) is 0 Å². The largest absolute Gasteiger partial charge is 0.459 e. The van der Waals surface area contributed by atoms with Crippen LogP contribution in [0.5, 0.6) is 0 Å². The van der Waals surface area contributed by atoms with Crippen molar-refractivity contribution >= 4 is 52.6 Å². The minimum Gasteiger partial charge on any atom is -0.459 e. The SMILES string of the molecule is CC(C)(C)OC(=O)CN(CCN(CCN(CC(=O)OC(C)(C)C)CC(=O)OC(C)(C)C)CC(=O)NCc1ccc(CONC(=O)[C@@H](Cc2ccc3ccccc3c2)NC(=O)OC(C)(C)C)cc1)CC(=O)OC(C)(C)C. The van der Waals surface area contributed by atoms with E-state index in [1.165, 1.54) is 0 Å². The zero-order chi connectivity index (χ0) is 56.4. The molecule has 0 aromatic heterocycles. The quantitative estimate of drug-likeness (QED) is 0.0474. The number of hydroxylamine groups is 1.